The molecule has 0 spiro atoms. The highest BCUT2D eigenvalue weighted by molar-refractivity contribution is 14.1. The molecular weight excluding hydrogens is 799 g/mol. The van der Waals surface area contributed by atoms with Crippen LogP contribution in [0.3, 0.4) is 0 Å². The van der Waals surface area contributed by atoms with Crippen LogP contribution in [-0.2, 0) is 23.8 Å². The number of alkyl halides is 3. The number of nitrogens with zero attached hydrogens (tertiary/aromatic N) is 4. The molecule has 0 aromatic carbocycles. The molecule has 3 saturated heterocycles. The Labute approximate surface area is 261 Å². The highest BCUT2D eigenvalue weighted by Gasteiger charge is 2.51. The number of rotatable bonds is 4. The predicted octanol–water partition coefficient (Wildman–Crippen LogP) is 3.33. The minimum absolute atomic E-state index is 0.0173. The van der Waals surface area contributed by atoms with E-state index in [1.807, 2.05) is 12.3 Å². The highest BCUT2D eigenvalue weighted by atomic mass is 127. The van der Waals surface area contributed by atoms with Crippen molar-refractivity contribution in [2.45, 2.75) is 48.7 Å². The second kappa shape index (κ2) is 11.6. The second-order valence-electron chi connectivity index (χ2n) is 10.1. The number of hydrogen-bond acceptors (Lipinski definition) is 11. The van der Waals surface area contributed by atoms with Crippen molar-refractivity contribution in [3.8, 4) is 11.5 Å². The molecule has 0 unspecified atom stereocenters. The number of hydrogen-bond donors (Lipinski definition) is 0. The van der Waals surface area contributed by atoms with E-state index in [9.17, 15) is 21.6 Å². The molecule has 3 fully saturated rings. The lowest BCUT2D eigenvalue weighted by Crippen LogP contribution is -2.40. The van der Waals surface area contributed by atoms with E-state index >= 15 is 0 Å². The summed E-state index contributed by atoms with van der Waals surface area (Å²) < 4.78 is 88.3. The smallest absolute Gasteiger partial charge is 0.486 e. The van der Waals surface area contributed by atoms with E-state index in [1.54, 1.807) is 17.2 Å². The zero-order chi connectivity index (χ0) is 28.9. The largest absolute Gasteiger partial charge is 0.523 e. The molecule has 5 aliphatic heterocycles. The average molecular weight is 824 g/mol. The molecule has 7 heterocycles. The van der Waals surface area contributed by atoms with Crippen LogP contribution in [0.15, 0.2) is 24.5 Å². The molecule has 0 radical (unpaired) electrons. The van der Waals surface area contributed by atoms with Crippen molar-refractivity contribution in [3.05, 3.63) is 31.7 Å². The van der Waals surface area contributed by atoms with Gasteiger partial charge in [0.2, 0.25) is 0 Å². The van der Waals surface area contributed by atoms with Gasteiger partial charge in [0.1, 0.15) is 19.3 Å². The number of halogens is 5. The van der Waals surface area contributed by atoms with Crippen molar-refractivity contribution in [1.29, 1.82) is 0 Å². The van der Waals surface area contributed by atoms with Crippen molar-refractivity contribution in [2.75, 3.05) is 49.3 Å². The Morgan fingerprint density at radius 3 is 1.83 bits per heavy atom. The molecule has 0 saturated carbocycles. The molecule has 7 rings (SSSR count). The monoisotopic (exact) mass is 824 g/mol. The minimum Gasteiger partial charge on any atom is -0.486 e. The van der Waals surface area contributed by atoms with Crippen LogP contribution in [0.25, 0.3) is 0 Å². The van der Waals surface area contributed by atoms with E-state index in [0.717, 1.165) is 51.5 Å². The van der Waals surface area contributed by atoms with Crippen LogP contribution in [0.4, 0.5) is 24.8 Å². The van der Waals surface area contributed by atoms with Crippen LogP contribution >= 0.6 is 45.2 Å². The first kappa shape index (κ1) is 29.6. The highest BCUT2D eigenvalue weighted by Crippen LogP contribution is 2.41. The summed E-state index contributed by atoms with van der Waals surface area (Å²) >= 11 is 4.37. The molecule has 41 heavy (non-hydrogen) atoms. The van der Waals surface area contributed by atoms with Gasteiger partial charge in [-0.15, -0.1) is 0 Å². The molecule has 0 aliphatic carbocycles. The van der Waals surface area contributed by atoms with Gasteiger partial charge >= 0.3 is 15.6 Å². The van der Waals surface area contributed by atoms with Crippen LogP contribution < -0.4 is 19.3 Å². The molecular formula is C24H25F3I2N4O7S. The number of ether oxygens (including phenoxy) is 4. The van der Waals surface area contributed by atoms with Crippen LogP contribution in [0.1, 0.15) is 12.8 Å². The van der Waals surface area contributed by atoms with Crippen LogP contribution in [0.2, 0.25) is 0 Å². The fourth-order valence-corrected chi connectivity index (χ4v) is 7.14. The average Bonchev–Trinajstić information content (AvgIpc) is 3.50. The van der Waals surface area contributed by atoms with Gasteiger partial charge in [-0.05, 0) is 63.7 Å². The lowest BCUT2D eigenvalue weighted by atomic mass is 10.2. The molecule has 0 bridgehead atoms. The first-order valence-electron chi connectivity index (χ1n) is 12.8. The Morgan fingerprint density at radius 2 is 1.34 bits per heavy atom. The first-order chi connectivity index (χ1) is 19.5. The third kappa shape index (κ3) is 6.02. The van der Waals surface area contributed by atoms with E-state index in [0.29, 0.717) is 17.6 Å². The summed E-state index contributed by atoms with van der Waals surface area (Å²) in [7, 11) is -5.60. The van der Waals surface area contributed by atoms with Gasteiger partial charge in [0.15, 0.2) is 23.1 Å². The summed E-state index contributed by atoms with van der Waals surface area (Å²) in [5.41, 5.74) is -5.42. The normalized spacial score (nSPS) is 26.9. The molecule has 224 valence electrons. The van der Waals surface area contributed by atoms with Gasteiger partial charge in [-0.3, -0.25) is 4.18 Å². The van der Waals surface area contributed by atoms with E-state index in [2.05, 4.69) is 64.2 Å². The Morgan fingerprint density at radius 1 is 0.829 bits per heavy atom. The standard InChI is InChI=1S/C13H15IN2O3.C11H10F3IN2O4S/c14-11-1-2-15-13-12(11)18-5-8-3-9(4-16(8)13)19-10-6-17-7-10;12-11(13,14)22(18,19)21-7-3-6-5-20-9-8(15)1-2-16-10(9)17(6)4-7/h1-2,8-10H,3-7H2;1-2,6-7H,3-5H2/t8-,9-;6-,7+/m00/s1. The van der Waals surface area contributed by atoms with Crippen LogP contribution in [0.5, 0.6) is 11.5 Å². The summed E-state index contributed by atoms with van der Waals surface area (Å²) in [6.07, 6.45) is 4.03. The number of aromatic nitrogens is 2. The molecule has 0 amide bonds. The summed E-state index contributed by atoms with van der Waals surface area (Å²) in [6.45, 7) is 3.39. The number of anilines is 2. The van der Waals surface area contributed by atoms with Gasteiger partial charge in [-0.2, -0.15) is 21.6 Å². The molecule has 5 aliphatic rings. The van der Waals surface area contributed by atoms with Crippen molar-refractivity contribution in [1.82, 2.24) is 9.97 Å². The maximum atomic E-state index is 12.4. The topological polar surface area (TPSA) is 113 Å². The van der Waals surface area contributed by atoms with E-state index < -0.39 is 21.7 Å². The van der Waals surface area contributed by atoms with Gasteiger partial charge < -0.3 is 28.7 Å². The van der Waals surface area contributed by atoms with Gasteiger partial charge in [-0.1, -0.05) is 0 Å². The molecule has 11 nitrogen and oxygen atoms in total. The SMILES string of the molecule is Ic1ccnc2c1OC[C@@H]1C[C@H](OC3COC3)CN21.O=S(=O)(O[C@@H]1C[C@H]2COc3c(I)ccnc3N2C1)C(F)(F)F. The fourth-order valence-electron chi connectivity index (χ4n) is 5.41. The lowest BCUT2D eigenvalue weighted by molar-refractivity contribution is -0.150. The van der Waals surface area contributed by atoms with Crippen LogP contribution in [-0.4, -0.2) is 93.8 Å². The Hall–Kier alpha value is -1.42. The van der Waals surface area contributed by atoms with Gasteiger partial charge in [-0.25, -0.2) is 9.97 Å². The van der Waals surface area contributed by atoms with Crippen molar-refractivity contribution in [3.63, 3.8) is 0 Å². The number of fused-ring (bicyclic) bond motifs is 6. The summed E-state index contributed by atoms with van der Waals surface area (Å²) in [5, 5.41) is 0. The van der Waals surface area contributed by atoms with Crippen LogP contribution in [0, 0.1) is 7.14 Å². The zero-order valence-electron chi connectivity index (χ0n) is 21.3. The lowest BCUT2D eigenvalue weighted by Gasteiger charge is -2.32. The summed E-state index contributed by atoms with van der Waals surface area (Å²) in [6, 6.07) is 3.86. The zero-order valence-corrected chi connectivity index (χ0v) is 26.4. The maximum absolute atomic E-state index is 12.4. The molecule has 17 heteroatoms. The maximum Gasteiger partial charge on any atom is 0.523 e. The predicted molar refractivity (Wildman–Crippen MR) is 156 cm³/mol. The van der Waals surface area contributed by atoms with Crippen molar-refractivity contribution >= 4 is 66.9 Å². The van der Waals surface area contributed by atoms with Gasteiger partial charge in [0, 0.05) is 31.9 Å². The van der Waals surface area contributed by atoms with Gasteiger partial charge in [0.05, 0.1) is 44.6 Å². The van der Waals surface area contributed by atoms with E-state index in [-0.39, 0.29) is 37.8 Å². The van der Waals surface area contributed by atoms with E-state index in [4.69, 9.17) is 18.9 Å². The molecule has 2 aromatic heterocycles. The molecule has 0 N–H and O–H groups in total. The third-order valence-corrected chi connectivity index (χ3v) is 10.1. The Bertz CT molecular complexity index is 1400. The quantitative estimate of drug-likeness (QED) is 0.257. The van der Waals surface area contributed by atoms with Gasteiger partial charge in [0.25, 0.3) is 0 Å². The first-order valence-corrected chi connectivity index (χ1v) is 16.4. The van der Waals surface area contributed by atoms with E-state index in [1.165, 1.54) is 0 Å². The molecule has 2 aromatic rings. The summed E-state index contributed by atoms with van der Waals surface area (Å²) in [4.78, 5) is 12.7. The van der Waals surface area contributed by atoms with Crippen molar-refractivity contribution < 1.29 is 44.7 Å². The Kier molecular flexibility index (Phi) is 8.38. The second-order valence-corrected chi connectivity index (χ2v) is 14.0. The third-order valence-electron chi connectivity index (χ3n) is 7.35. The minimum atomic E-state index is -5.60. The van der Waals surface area contributed by atoms with Crippen molar-refractivity contribution in [2.24, 2.45) is 0 Å². The summed E-state index contributed by atoms with van der Waals surface area (Å²) in [5.74, 6) is 2.95. The molecule has 4 atom stereocenters. The number of pyridine rings is 2. The Balaban J connectivity index is 0.000000149. The fraction of sp³-hybridized carbons (Fsp3) is 0.583.